The summed E-state index contributed by atoms with van der Waals surface area (Å²) >= 11 is 0. The van der Waals surface area contributed by atoms with Crippen molar-refractivity contribution in [2.24, 2.45) is 11.8 Å². The van der Waals surface area contributed by atoms with E-state index in [1.54, 1.807) is 0 Å². The van der Waals surface area contributed by atoms with E-state index < -0.39 is 0 Å². The van der Waals surface area contributed by atoms with Gasteiger partial charge in [-0.3, -0.25) is 4.79 Å². The van der Waals surface area contributed by atoms with Crippen LogP contribution in [-0.4, -0.2) is 5.78 Å². The van der Waals surface area contributed by atoms with E-state index in [9.17, 15) is 4.79 Å². The van der Waals surface area contributed by atoms with E-state index in [1.807, 2.05) is 0 Å². The molecule has 0 aromatic rings. The van der Waals surface area contributed by atoms with Crippen LogP contribution in [0.4, 0.5) is 0 Å². The van der Waals surface area contributed by atoms with Gasteiger partial charge in [-0.15, -0.1) is 0 Å². The zero-order valence-electron chi connectivity index (χ0n) is 7.01. The minimum atomic E-state index is 0.472. The summed E-state index contributed by atoms with van der Waals surface area (Å²) in [5.74, 6) is 1.94. The lowest BCUT2D eigenvalue weighted by molar-refractivity contribution is -0.121. The first-order chi connectivity index (χ1) is 5.36. The molecule has 62 valence electrons. The van der Waals surface area contributed by atoms with Crippen LogP contribution in [-0.2, 0) is 4.79 Å². The van der Waals surface area contributed by atoms with Crippen molar-refractivity contribution in [2.45, 2.75) is 44.9 Å². The molecule has 0 aromatic heterocycles. The first-order valence-corrected chi connectivity index (χ1v) is 4.89. The quantitative estimate of drug-likeness (QED) is 0.594. The molecule has 0 N–H and O–H groups in total. The molecular weight excluding hydrogens is 136 g/mol. The molecule has 0 aliphatic heterocycles. The molecule has 0 heterocycles. The Hall–Kier alpha value is -0.330. The minimum absolute atomic E-state index is 0.472. The third-order valence-corrected chi connectivity index (χ3v) is 3.27. The maximum absolute atomic E-state index is 11.2. The summed E-state index contributed by atoms with van der Waals surface area (Å²) < 4.78 is 0. The van der Waals surface area contributed by atoms with Crippen molar-refractivity contribution < 1.29 is 4.79 Å². The fourth-order valence-electron chi connectivity index (χ4n) is 2.27. The predicted octanol–water partition coefficient (Wildman–Crippen LogP) is 2.55. The highest BCUT2D eigenvalue weighted by Crippen LogP contribution is 2.36. The first-order valence-electron chi connectivity index (χ1n) is 4.89. The van der Waals surface area contributed by atoms with Crippen LogP contribution in [0.5, 0.6) is 0 Å². The lowest BCUT2D eigenvalue weighted by Crippen LogP contribution is -2.18. The van der Waals surface area contributed by atoms with E-state index in [0.29, 0.717) is 11.7 Å². The number of rotatable bonds is 2. The minimum Gasteiger partial charge on any atom is -0.299 e. The SMILES string of the molecule is O=C1CCCC1CC1CCC1. The van der Waals surface area contributed by atoms with Gasteiger partial charge in [-0.05, 0) is 25.2 Å². The first kappa shape index (κ1) is 7.33. The molecule has 1 nitrogen and oxygen atoms in total. The second-order valence-corrected chi connectivity index (χ2v) is 4.09. The zero-order valence-corrected chi connectivity index (χ0v) is 7.01. The van der Waals surface area contributed by atoms with Crippen molar-refractivity contribution in [3.05, 3.63) is 0 Å². The second-order valence-electron chi connectivity index (χ2n) is 4.09. The van der Waals surface area contributed by atoms with Crippen LogP contribution >= 0.6 is 0 Å². The molecule has 0 radical (unpaired) electrons. The smallest absolute Gasteiger partial charge is 0.135 e. The van der Waals surface area contributed by atoms with Crippen LogP contribution in [0, 0.1) is 11.8 Å². The molecular formula is C10H16O. The summed E-state index contributed by atoms with van der Waals surface area (Å²) in [4.78, 5) is 11.2. The lowest BCUT2D eigenvalue weighted by atomic mass is 9.78. The van der Waals surface area contributed by atoms with E-state index in [1.165, 1.54) is 32.1 Å². The van der Waals surface area contributed by atoms with Crippen molar-refractivity contribution in [1.29, 1.82) is 0 Å². The van der Waals surface area contributed by atoms with Crippen molar-refractivity contribution in [1.82, 2.24) is 0 Å². The summed E-state index contributed by atoms with van der Waals surface area (Å²) in [5.41, 5.74) is 0. The average molecular weight is 152 g/mol. The Kier molecular flexibility index (Phi) is 1.97. The Morgan fingerprint density at radius 1 is 1.18 bits per heavy atom. The maximum Gasteiger partial charge on any atom is 0.135 e. The van der Waals surface area contributed by atoms with Crippen molar-refractivity contribution >= 4 is 5.78 Å². The molecule has 11 heavy (non-hydrogen) atoms. The maximum atomic E-state index is 11.2. The fourth-order valence-corrected chi connectivity index (χ4v) is 2.27. The van der Waals surface area contributed by atoms with Gasteiger partial charge in [0.2, 0.25) is 0 Å². The third kappa shape index (κ3) is 1.47. The van der Waals surface area contributed by atoms with E-state index >= 15 is 0 Å². The molecule has 1 heteroatoms. The third-order valence-electron chi connectivity index (χ3n) is 3.27. The molecule has 2 aliphatic rings. The van der Waals surface area contributed by atoms with E-state index in [-0.39, 0.29) is 0 Å². The van der Waals surface area contributed by atoms with Gasteiger partial charge in [-0.1, -0.05) is 19.3 Å². The van der Waals surface area contributed by atoms with Gasteiger partial charge in [0.1, 0.15) is 5.78 Å². The highest BCUT2D eigenvalue weighted by molar-refractivity contribution is 5.82. The van der Waals surface area contributed by atoms with E-state index in [0.717, 1.165) is 18.8 Å². The van der Waals surface area contributed by atoms with Crippen LogP contribution in [0.3, 0.4) is 0 Å². The van der Waals surface area contributed by atoms with Crippen LogP contribution in [0.1, 0.15) is 44.9 Å². The summed E-state index contributed by atoms with van der Waals surface area (Å²) in [5, 5.41) is 0. The summed E-state index contributed by atoms with van der Waals surface area (Å²) in [6.07, 6.45) is 8.64. The van der Waals surface area contributed by atoms with Gasteiger partial charge in [0.15, 0.2) is 0 Å². The Morgan fingerprint density at radius 3 is 2.45 bits per heavy atom. The van der Waals surface area contributed by atoms with E-state index in [4.69, 9.17) is 0 Å². The average Bonchev–Trinajstić information content (AvgIpc) is 2.27. The summed E-state index contributed by atoms with van der Waals surface area (Å²) in [7, 11) is 0. The highest BCUT2D eigenvalue weighted by Gasteiger charge is 2.29. The molecule has 2 rings (SSSR count). The predicted molar refractivity (Wildman–Crippen MR) is 44.3 cm³/mol. The summed E-state index contributed by atoms with van der Waals surface area (Å²) in [6, 6.07) is 0. The zero-order chi connectivity index (χ0) is 7.68. The van der Waals surface area contributed by atoms with Gasteiger partial charge >= 0.3 is 0 Å². The van der Waals surface area contributed by atoms with Crippen molar-refractivity contribution in [3.8, 4) is 0 Å². The van der Waals surface area contributed by atoms with Gasteiger partial charge in [-0.25, -0.2) is 0 Å². The van der Waals surface area contributed by atoms with Gasteiger partial charge in [0.25, 0.3) is 0 Å². The molecule has 2 aliphatic carbocycles. The summed E-state index contributed by atoms with van der Waals surface area (Å²) in [6.45, 7) is 0. The molecule has 0 bridgehead atoms. The topological polar surface area (TPSA) is 17.1 Å². The number of hydrogen-bond donors (Lipinski definition) is 0. The van der Waals surface area contributed by atoms with Crippen LogP contribution in [0.25, 0.3) is 0 Å². The lowest BCUT2D eigenvalue weighted by Gasteiger charge is -2.27. The molecule has 0 aromatic carbocycles. The van der Waals surface area contributed by atoms with Gasteiger partial charge < -0.3 is 0 Å². The Labute approximate surface area is 68.2 Å². The van der Waals surface area contributed by atoms with Crippen LogP contribution in [0.15, 0.2) is 0 Å². The van der Waals surface area contributed by atoms with Gasteiger partial charge in [0.05, 0.1) is 0 Å². The molecule has 0 saturated heterocycles. The molecule has 2 saturated carbocycles. The number of Topliss-reactive ketones (excluding diaryl/α,β-unsaturated/α-hetero) is 1. The van der Waals surface area contributed by atoms with Gasteiger partial charge in [0, 0.05) is 12.3 Å². The van der Waals surface area contributed by atoms with Crippen LogP contribution in [0.2, 0.25) is 0 Å². The molecule has 2 fully saturated rings. The van der Waals surface area contributed by atoms with Crippen molar-refractivity contribution in [3.63, 3.8) is 0 Å². The highest BCUT2D eigenvalue weighted by atomic mass is 16.1. The largest absolute Gasteiger partial charge is 0.299 e. The Balaban J connectivity index is 1.80. The number of carbonyl (C=O) groups is 1. The van der Waals surface area contributed by atoms with Gasteiger partial charge in [-0.2, -0.15) is 0 Å². The van der Waals surface area contributed by atoms with Crippen molar-refractivity contribution in [2.75, 3.05) is 0 Å². The molecule has 0 spiro atoms. The molecule has 1 atom stereocenters. The Morgan fingerprint density at radius 2 is 2.00 bits per heavy atom. The second kappa shape index (κ2) is 2.96. The monoisotopic (exact) mass is 152 g/mol. The number of hydrogen-bond acceptors (Lipinski definition) is 1. The fraction of sp³-hybridized carbons (Fsp3) is 0.900. The number of ketones is 1. The van der Waals surface area contributed by atoms with Crippen LogP contribution < -0.4 is 0 Å². The Bertz CT molecular complexity index is 158. The standard InChI is InChI=1S/C10H16O/c11-10-6-2-5-9(10)7-8-3-1-4-8/h8-9H,1-7H2. The molecule has 0 amide bonds. The number of carbonyl (C=O) groups excluding carboxylic acids is 1. The van der Waals surface area contributed by atoms with E-state index in [2.05, 4.69) is 0 Å². The molecule has 1 unspecified atom stereocenters. The normalized spacial score (nSPS) is 32.4.